The summed E-state index contributed by atoms with van der Waals surface area (Å²) in [5.74, 6) is -0.463. The van der Waals surface area contributed by atoms with Gasteiger partial charge in [-0.15, -0.1) is 0 Å². The maximum Gasteiger partial charge on any atom is 0.340 e. The van der Waals surface area contributed by atoms with E-state index in [1.54, 1.807) is 31.2 Å². The molecule has 35 heavy (non-hydrogen) atoms. The Kier molecular flexibility index (Phi) is 6.79. The first-order chi connectivity index (χ1) is 16.7. The van der Waals surface area contributed by atoms with E-state index < -0.39 is 5.97 Å². The molecule has 1 amide bonds. The Balaban J connectivity index is 1.86. The molecular weight excluding hydrogens is 487 g/mol. The zero-order valence-corrected chi connectivity index (χ0v) is 21.5. The van der Waals surface area contributed by atoms with Gasteiger partial charge in [-0.05, 0) is 68.8 Å². The van der Waals surface area contributed by atoms with Crippen LogP contribution in [0.3, 0.4) is 0 Å². The fourth-order valence-corrected chi connectivity index (χ4v) is 4.85. The van der Waals surface area contributed by atoms with Gasteiger partial charge >= 0.3 is 5.97 Å². The van der Waals surface area contributed by atoms with Crippen LogP contribution in [0.5, 0.6) is 5.75 Å². The molecule has 1 aromatic heterocycles. The largest absolute Gasteiger partial charge is 0.495 e. The van der Waals surface area contributed by atoms with Crippen molar-refractivity contribution in [3.63, 3.8) is 0 Å². The Morgan fingerprint density at radius 1 is 0.971 bits per heavy atom. The number of carbonyl (C=O) groups is 2. The predicted octanol–water partition coefficient (Wildman–Crippen LogP) is 6.29. The van der Waals surface area contributed by atoms with E-state index in [1.807, 2.05) is 48.7 Å². The van der Waals surface area contributed by atoms with E-state index in [4.69, 9.17) is 32.7 Å². The molecule has 0 bridgehead atoms. The lowest BCUT2D eigenvalue weighted by Gasteiger charge is -2.19. The van der Waals surface area contributed by atoms with Crippen molar-refractivity contribution in [1.82, 2.24) is 4.57 Å². The van der Waals surface area contributed by atoms with Crippen LogP contribution in [0.15, 0.2) is 65.4 Å². The van der Waals surface area contributed by atoms with Crippen LogP contribution >= 0.6 is 23.2 Å². The number of amides is 1. The summed E-state index contributed by atoms with van der Waals surface area (Å²) < 4.78 is 12.3. The van der Waals surface area contributed by atoms with Gasteiger partial charge in [-0.3, -0.25) is 9.69 Å². The number of esters is 1. The molecular formula is C27H24Cl2N2O4. The van der Waals surface area contributed by atoms with Crippen LogP contribution in [0.25, 0.3) is 11.8 Å². The van der Waals surface area contributed by atoms with Gasteiger partial charge in [0, 0.05) is 17.1 Å². The Hall–Kier alpha value is -3.48. The van der Waals surface area contributed by atoms with Crippen LogP contribution in [0, 0.1) is 13.8 Å². The molecule has 180 valence electrons. The molecule has 1 aliphatic heterocycles. The number of ether oxygens (including phenoxy) is 2. The first-order valence-corrected chi connectivity index (χ1v) is 11.6. The minimum Gasteiger partial charge on any atom is -0.495 e. The molecule has 3 aromatic rings. The molecule has 0 radical (unpaired) electrons. The van der Waals surface area contributed by atoms with Crippen molar-refractivity contribution in [2.75, 3.05) is 19.1 Å². The molecule has 0 aliphatic carbocycles. The van der Waals surface area contributed by atoms with E-state index in [9.17, 15) is 9.59 Å². The number of methoxy groups -OCH3 is 2. The van der Waals surface area contributed by atoms with Crippen molar-refractivity contribution in [2.45, 2.75) is 20.8 Å². The Morgan fingerprint density at radius 2 is 1.69 bits per heavy atom. The van der Waals surface area contributed by atoms with Gasteiger partial charge in [0.05, 0.1) is 46.8 Å². The molecule has 0 atom stereocenters. The van der Waals surface area contributed by atoms with Gasteiger partial charge in [-0.25, -0.2) is 4.79 Å². The summed E-state index contributed by atoms with van der Waals surface area (Å²) in [4.78, 5) is 27.9. The number of hydrogen-bond donors (Lipinski definition) is 0. The van der Waals surface area contributed by atoms with E-state index in [2.05, 4.69) is 0 Å². The highest BCUT2D eigenvalue weighted by Gasteiger charge is 2.38. The zero-order chi connectivity index (χ0) is 25.4. The third-order valence-electron chi connectivity index (χ3n) is 6.05. The normalized spacial score (nSPS) is 14.8. The average Bonchev–Trinajstić information content (AvgIpc) is 3.25. The molecule has 4 rings (SSSR count). The number of nitrogens with zero attached hydrogens (tertiary/aromatic N) is 2. The van der Waals surface area contributed by atoms with Crippen LogP contribution < -0.4 is 9.64 Å². The van der Waals surface area contributed by atoms with Gasteiger partial charge in [0.1, 0.15) is 5.75 Å². The Bertz CT molecular complexity index is 1420. The summed E-state index contributed by atoms with van der Waals surface area (Å²) in [6, 6.07) is 14.5. The monoisotopic (exact) mass is 510 g/mol. The second-order valence-electron chi connectivity index (χ2n) is 8.08. The van der Waals surface area contributed by atoms with Gasteiger partial charge in [-0.2, -0.15) is 0 Å². The fourth-order valence-electron chi connectivity index (χ4n) is 4.38. The van der Waals surface area contributed by atoms with Crippen molar-refractivity contribution in [3.05, 3.63) is 92.4 Å². The highest BCUT2D eigenvalue weighted by atomic mass is 35.5. The molecule has 6 nitrogen and oxygen atoms in total. The quantitative estimate of drug-likeness (QED) is 0.299. The van der Waals surface area contributed by atoms with Crippen molar-refractivity contribution in [2.24, 2.45) is 0 Å². The third kappa shape index (κ3) is 4.24. The molecule has 0 fully saturated rings. The van der Waals surface area contributed by atoms with Gasteiger partial charge < -0.3 is 14.0 Å². The minimum atomic E-state index is -0.593. The second kappa shape index (κ2) is 9.64. The zero-order valence-electron chi connectivity index (χ0n) is 20.0. The van der Waals surface area contributed by atoms with E-state index in [-0.39, 0.29) is 17.1 Å². The molecule has 0 unspecified atom stereocenters. The average molecular weight is 511 g/mol. The number of aromatic nitrogens is 1. The number of rotatable bonds is 5. The van der Waals surface area contributed by atoms with Crippen molar-refractivity contribution >= 4 is 46.8 Å². The summed E-state index contributed by atoms with van der Waals surface area (Å²) in [6.45, 7) is 5.61. The molecule has 2 aromatic carbocycles. The summed E-state index contributed by atoms with van der Waals surface area (Å²) in [6.07, 6.45) is 1.72. The second-order valence-corrected chi connectivity index (χ2v) is 8.90. The standard InChI is InChI=1S/C27H24Cl2N2O4/c1-15-12-18(16(2)30(15)23-9-7-6-8-21(23)28)13-20-25(27(33)35-5)17(3)31(26(20)32)19-10-11-24(34-4)22(29)14-19/h6-14H,1-5H3/b20-13-. The van der Waals surface area contributed by atoms with Crippen molar-refractivity contribution < 1.29 is 19.1 Å². The molecule has 8 heteroatoms. The van der Waals surface area contributed by atoms with Crippen LogP contribution in [0.2, 0.25) is 10.0 Å². The van der Waals surface area contributed by atoms with Crippen LogP contribution in [0.1, 0.15) is 23.9 Å². The number of benzene rings is 2. The lowest BCUT2D eigenvalue weighted by Crippen LogP contribution is -2.24. The molecule has 0 saturated heterocycles. The summed E-state index contributed by atoms with van der Waals surface area (Å²) >= 11 is 12.8. The van der Waals surface area contributed by atoms with E-state index in [1.165, 1.54) is 19.1 Å². The van der Waals surface area contributed by atoms with Gasteiger partial charge in [-0.1, -0.05) is 35.3 Å². The number of hydrogen-bond acceptors (Lipinski definition) is 4. The van der Waals surface area contributed by atoms with Crippen LogP contribution in [0.4, 0.5) is 5.69 Å². The van der Waals surface area contributed by atoms with E-state index in [0.717, 1.165) is 22.6 Å². The van der Waals surface area contributed by atoms with E-state index >= 15 is 0 Å². The number of aryl methyl sites for hydroxylation is 1. The van der Waals surface area contributed by atoms with E-state index in [0.29, 0.717) is 27.2 Å². The van der Waals surface area contributed by atoms with Gasteiger partial charge in [0.15, 0.2) is 0 Å². The lowest BCUT2D eigenvalue weighted by molar-refractivity contribution is -0.136. The molecule has 0 saturated carbocycles. The number of allylic oxidation sites excluding steroid dienone is 1. The highest BCUT2D eigenvalue weighted by molar-refractivity contribution is 6.33. The summed E-state index contributed by atoms with van der Waals surface area (Å²) in [5, 5.41) is 0.963. The maximum absolute atomic E-state index is 13.7. The summed E-state index contributed by atoms with van der Waals surface area (Å²) in [7, 11) is 2.81. The molecule has 0 spiro atoms. The lowest BCUT2D eigenvalue weighted by atomic mass is 10.0. The third-order valence-corrected chi connectivity index (χ3v) is 6.66. The highest BCUT2D eigenvalue weighted by Crippen LogP contribution is 2.39. The van der Waals surface area contributed by atoms with Crippen molar-refractivity contribution in [1.29, 1.82) is 0 Å². The molecule has 0 N–H and O–H groups in total. The number of halogens is 2. The number of para-hydroxylation sites is 1. The number of anilines is 1. The van der Waals surface area contributed by atoms with Crippen LogP contribution in [-0.4, -0.2) is 30.7 Å². The Labute approximate surface area is 214 Å². The first kappa shape index (κ1) is 24.6. The number of carbonyl (C=O) groups excluding carboxylic acids is 2. The smallest absolute Gasteiger partial charge is 0.340 e. The topological polar surface area (TPSA) is 60.8 Å². The fraction of sp³-hybridized carbons (Fsp3) is 0.185. The van der Waals surface area contributed by atoms with Crippen molar-refractivity contribution in [3.8, 4) is 11.4 Å². The Morgan fingerprint density at radius 3 is 2.31 bits per heavy atom. The molecule has 1 aliphatic rings. The molecule has 2 heterocycles. The first-order valence-electron chi connectivity index (χ1n) is 10.8. The predicted molar refractivity (Wildman–Crippen MR) is 138 cm³/mol. The SMILES string of the molecule is COC(=O)C1=C(C)N(c2ccc(OC)c(Cl)c2)C(=O)/C1=C\c1cc(C)n(-c2ccccc2Cl)c1C. The van der Waals surface area contributed by atoms with Crippen LogP contribution in [-0.2, 0) is 14.3 Å². The maximum atomic E-state index is 13.7. The minimum absolute atomic E-state index is 0.201. The summed E-state index contributed by atoms with van der Waals surface area (Å²) in [5.41, 5.74) is 4.85. The van der Waals surface area contributed by atoms with Gasteiger partial charge in [0.25, 0.3) is 5.91 Å². The van der Waals surface area contributed by atoms with Gasteiger partial charge in [0.2, 0.25) is 0 Å².